The molecule has 0 unspecified atom stereocenters. The maximum Gasteiger partial charge on any atom is 0.306 e. The lowest BCUT2D eigenvalue weighted by atomic mass is 10.1. The largest absolute Gasteiger partial charge is 0.466 e. The molecule has 8 heteroatoms. The van der Waals surface area contributed by atoms with Crippen molar-refractivity contribution < 1.29 is 19.1 Å². The summed E-state index contributed by atoms with van der Waals surface area (Å²) in [6, 6.07) is 7.42. The fraction of sp³-hybridized carbons (Fsp3) is 0.444. The van der Waals surface area contributed by atoms with Crippen LogP contribution >= 0.6 is 12.2 Å². The zero-order valence-electron chi connectivity index (χ0n) is 15.1. The number of hydrogen-bond donors (Lipinski definition) is 3. The normalized spacial score (nSPS) is 9.92. The molecule has 0 atom stereocenters. The molecule has 1 aromatic carbocycles. The minimum atomic E-state index is -0.395. The van der Waals surface area contributed by atoms with Gasteiger partial charge >= 0.3 is 5.97 Å². The number of amides is 2. The van der Waals surface area contributed by atoms with Crippen molar-refractivity contribution in [1.29, 1.82) is 0 Å². The minimum absolute atomic E-state index is 0.00494. The van der Waals surface area contributed by atoms with Crippen LogP contribution in [0.25, 0.3) is 0 Å². The molecule has 0 bridgehead atoms. The Labute approximate surface area is 158 Å². The Morgan fingerprint density at radius 3 is 2.35 bits per heavy atom. The van der Waals surface area contributed by atoms with Gasteiger partial charge in [0.05, 0.1) is 13.0 Å². The number of ether oxygens (including phenoxy) is 1. The van der Waals surface area contributed by atoms with Crippen LogP contribution in [0.5, 0.6) is 0 Å². The van der Waals surface area contributed by atoms with Gasteiger partial charge in [-0.3, -0.25) is 14.4 Å². The summed E-state index contributed by atoms with van der Waals surface area (Å²) in [5, 5.41) is 8.17. The molecule has 3 N–H and O–H groups in total. The van der Waals surface area contributed by atoms with Gasteiger partial charge in [0.15, 0.2) is 5.11 Å². The van der Waals surface area contributed by atoms with E-state index in [-0.39, 0.29) is 29.8 Å². The van der Waals surface area contributed by atoms with Crippen LogP contribution in [0.2, 0.25) is 0 Å². The van der Waals surface area contributed by atoms with Crippen LogP contribution in [0.4, 0.5) is 5.69 Å². The van der Waals surface area contributed by atoms with Crippen molar-refractivity contribution in [3.8, 4) is 0 Å². The molecule has 0 radical (unpaired) electrons. The third kappa shape index (κ3) is 9.12. The van der Waals surface area contributed by atoms with Crippen molar-refractivity contribution in [2.45, 2.75) is 39.0 Å². The SMILES string of the molecule is CCCOC(=O)CCC(=O)NC(=S)Nc1ccc(CCC(=O)NC)cc1. The first-order chi connectivity index (χ1) is 12.4. The Bertz CT molecular complexity index is 632. The molecule has 142 valence electrons. The number of thiocarbonyl (C=S) groups is 1. The van der Waals surface area contributed by atoms with E-state index in [1.165, 1.54) is 0 Å². The smallest absolute Gasteiger partial charge is 0.306 e. The van der Waals surface area contributed by atoms with E-state index in [0.29, 0.717) is 19.4 Å². The van der Waals surface area contributed by atoms with Crippen LogP contribution in [0.3, 0.4) is 0 Å². The highest BCUT2D eigenvalue weighted by molar-refractivity contribution is 7.80. The molecule has 0 aliphatic heterocycles. The van der Waals surface area contributed by atoms with E-state index in [9.17, 15) is 14.4 Å². The monoisotopic (exact) mass is 379 g/mol. The maximum absolute atomic E-state index is 11.8. The fourth-order valence-electron chi connectivity index (χ4n) is 1.99. The standard InChI is InChI=1S/C18H25N3O4S/c1-3-12-25-17(24)11-10-16(23)21-18(26)20-14-7-4-13(5-8-14)6-9-15(22)19-2/h4-5,7-8H,3,6,9-12H2,1-2H3,(H,19,22)(H2,20,21,23,26). The summed E-state index contributed by atoms with van der Waals surface area (Å²) in [5.41, 5.74) is 1.75. The molecule has 0 aromatic heterocycles. The van der Waals surface area contributed by atoms with Gasteiger partial charge in [-0.05, 0) is 42.8 Å². The fourth-order valence-corrected chi connectivity index (χ4v) is 2.22. The van der Waals surface area contributed by atoms with E-state index in [0.717, 1.165) is 17.7 Å². The van der Waals surface area contributed by atoms with Crippen LogP contribution < -0.4 is 16.0 Å². The van der Waals surface area contributed by atoms with Gasteiger partial charge in [-0.15, -0.1) is 0 Å². The van der Waals surface area contributed by atoms with E-state index in [4.69, 9.17) is 17.0 Å². The van der Waals surface area contributed by atoms with Crippen LogP contribution in [0.1, 0.15) is 38.2 Å². The Morgan fingerprint density at radius 2 is 1.73 bits per heavy atom. The lowest BCUT2D eigenvalue weighted by molar-refractivity contribution is -0.144. The Balaban J connectivity index is 2.34. The average molecular weight is 379 g/mol. The number of carbonyl (C=O) groups is 3. The molecule has 0 saturated heterocycles. The predicted molar refractivity (Wildman–Crippen MR) is 104 cm³/mol. The molecular weight excluding hydrogens is 354 g/mol. The number of carbonyl (C=O) groups excluding carboxylic acids is 3. The van der Waals surface area contributed by atoms with E-state index in [1.54, 1.807) is 7.05 Å². The van der Waals surface area contributed by atoms with Gasteiger partial charge in [-0.25, -0.2) is 0 Å². The summed E-state index contributed by atoms with van der Waals surface area (Å²) in [5.74, 6) is -0.749. The number of anilines is 1. The first kappa shape index (κ1) is 21.6. The van der Waals surface area contributed by atoms with Crippen molar-refractivity contribution in [2.24, 2.45) is 0 Å². The summed E-state index contributed by atoms with van der Waals surface area (Å²) in [4.78, 5) is 34.4. The molecule has 0 aliphatic rings. The number of nitrogens with one attached hydrogen (secondary N) is 3. The molecule has 1 aromatic rings. The van der Waals surface area contributed by atoms with Gasteiger partial charge < -0.3 is 20.7 Å². The van der Waals surface area contributed by atoms with Crippen molar-refractivity contribution >= 4 is 40.8 Å². The van der Waals surface area contributed by atoms with Crippen LogP contribution in [0.15, 0.2) is 24.3 Å². The van der Waals surface area contributed by atoms with Gasteiger partial charge in [-0.1, -0.05) is 19.1 Å². The Hall–Kier alpha value is -2.48. The second-order valence-corrected chi connectivity index (χ2v) is 6.00. The van der Waals surface area contributed by atoms with E-state index < -0.39 is 5.97 Å². The van der Waals surface area contributed by atoms with E-state index >= 15 is 0 Å². The molecule has 0 fully saturated rings. The molecule has 0 aliphatic carbocycles. The summed E-state index contributed by atoms with van der Waals surface area (Å²) < 4.78 is 4.90. The highest BCUT2D eigenvalue weighted by Gasteiger charge is 2.09. The molecule has 7 nitrogen and oxygen atoms in total. The highest BCUT2D eigenvalue weighted by atomic mass is 32.1. The van der Waals surface area contributed by atoms with Gasteiger partial charge in [0.2, 0.25) is 11.8 Å². The number of hydrogen-bond acceptors (Lipinski definition) is 5. The zero-order valence-corrected chi connectivity index (χ0v) is 15.9. The third-order valence-electron chi connectivity index (χ3n) is 3.41. The molecule has 26 heavy (non-hydrogen) atoms. The van der Waals surface area contributed by atoms with Crippen molar-refractivity contribution in [3.05, 3.63) is 29.8 Å². The van der Waals surface area contributed by atoms with Gasteiger partial charge in [0.25, 0.3) is 0 Å². The summed E-state index contributed by atoms with van der Waals surface area (Å²) >= 11 is 5.08. The zero-order chi connectivity index (χ0) is 19.4. The minimum Gasteiger partial charge on any atom is -0.466 e. The quantitative estimate of drug-likeness (QED) is 0.448. The van der Waals surface area contributed by atoms with Crippen molar-refractivity contribution in [1.82, 2.24) is 10.6 Å². The van der Waals surface area contributed by atoms with E-state index in [1.807, 2.05) is 31.2 Å². The average Bonchev–Trinajstić information content (AvgIpc) is 2.63. The molecule has 1 rings (SSSR count). The molecule has 2 amide bonds. The molecule has 0 heterocycles. The Kier molecular flexibility index (Phi) is 9.93. The first-order valence-corrected chi connectivity index (χ1v) is 8.91. The summed E-state index contributed by atoms with van der Waals surface area (Å²) in [7, 11) is 1.61. The van der Waals surface area contributed by atoms with Gasteiger partial charge in [0, 0.05) is 25.6 Å². The Morgan fingerprint density at radius 1 is 1.04 bits per heavy atom. The molecule has 0 saturated carbocycles. The van der Waals surface area contributed by atoms with Crippen LogP contribution in [0, 0.1) is 0 Å². The summed E-state index contributed by atoms with van der Waals surface area (Å²) in [6.07, 6.45) is 1.86. The molecule has 0 spiro atoms. The second kappa shape index (κ2) is 12.0. The van der Waals surface area contributed by atoms with Crippen LogP contribution in [-0.2, 0) is 25.5 Å². The van der Waals surface area contributed by atoms with Gasteiger partial charge in [0.1, 0.15) is 0 Å². The second-order valence-electron chi connectivity index (χ2n) is 5.59. The highest BCUT2D eigenvalue weighted by Crippen LogP contribution is 2.11. The number of rotatable bonds is 9. The maximum atomic E-state index is 11.8. The molecular formula is C18H25N3O4S. The number of aryl methyl sites for hydroxylation is 1. The first-order valence-electron chi connectivity index (χ1n) is 8.50. The topological polar surface area (TPSA) is 96.5 Å². The van der Waals surface area contributed by atoms with Crippen LogP contribution in [-0.4, -0.2) is 36.6 Å². The lowest BCUT2D eigenvalue weighted by Gasteiger charge is -2.10. The third-order valence-corrected chi connectivity index (χ3v) is 3.61. The van der Waals surface area contributed by atoms with Crippen molar-refractivity contribution in [2.75, 3.05) is 19.0 Å². The number of benzene rings is 1. The van der Waals surface area contributed by atoms with E-state index in [2.05, 4.69) is 16.0 Å². The lowest BCUT2D eigenvalue weighted by Crippen LogP contribution is -2.34. The predicted octanol–water partition coefficient (Wildman–Crippen LogP) is 1.91. The van der Waals surface area contributed by atoms with Crippen molar-refractivity contribution in [3.63, 3.8) is 0 Å². The number of esters is 1. The summed E-state index contributed by atoms with van der Waals surface area (Å²) in [6.45, 7) is 2.26. The van der Waals surface area contributed by atoms with Gasteiger partial charge in [-0.2, -0.15) is 0 Å².